The van der Waals surface area contributed by atoms with Crippen molar-refractivity contribution in [3.8, 4) is 5.75 Å². The minimum atomic E-state index is -2.81. The second-order valence-corrected chi connectivity index (χ2v) is 11.4. The number of aliphatic hydroxyl groups is 1. The van der Waals surface area contributed by atoms with Crippen LogP contribution in [-0.4, -0.2) is 88.9 Å². The Labute approximate surface area is 235 Å². The van der Waals surface area contributed by atoms with E-state index < -0.39 is 76.0 Å². The lowest BCUT2D eigenvalue weighted by molar-refractivity contribution is -0.181. The van der Waals surface area contributed by atoms with Crippen LogP contribution in [-0.2, 0) is 30.4 Å². The van der Waals surface area contributed by atoms with Gasteiger partial charge in [0.25, 0.3) is 0 Å². The van der Waals surface area contributed by atoms with Gasteiger partial charge >= 0.3 is 0 Å². The van der Waals surface area contributed by atoms with Gasteiger partial charge in [-0.2, -0.15) is 0 Å². The Morgan fingerprint density at radius 1 is 1.20 bits per heavy atom. The maximum atomic E-state index is 13.8. The second-order valence-electron chi connectivity index (χ2n) is 11.0. The number of fused-ring (bicyclic) bond motifs is 3. The SMILES string of the molecule is CCCCNCC(=O)Nc1c(Cl)cc2c(c1O)C(=O)C1C(=O)[C@]3(O)C(=O)C(C(N)=O)C(=O)[C@@H](N(C)C)C3CC1C2. The van der Waals surface area contributed by atoms with Crippen LogP contribution in [0, 0.1) is 23.7 Å². The Balaban J connectivity index is 1.72. The van der Waals surface area contributed by atoms with Crippen LogP contribution >= 0.6 is 11.6 Å². The highest BCUT2D eigenvalue weighted by atomic mass is 35.5. The molecule has 12 nitrogen and oxygen atoms in total. The summed E-state index contributed by atoms with van der Waals surface area (Å²) in [5, 5.41) is 28.1. The summed E-state index contributed by atoms with van der Waals surface area (Å²) < 4.78 is 0. The summed E-state index contributed by atoms with van der Waals surface area (Å²) in [6.45, 7) is 2.55. The first kappa shape index (κ1) is 29.8. The Hall–Kier alpha value is -3.19. The topological polar surface area (TPSA) is 196 Å². The third-order valence-electron chi connectivity index (χ3n) is 8.26. The minimum absolute atomic E-state index is 0.0125. The minimum Gasteiger partial charge on any atom is -0.505 e. The number of halogens is 1. The van der Waals surface area contributed by atoms with Gasteiger partial charge in [-0.05, 0) is 57.5 Å². The molecule has 6 atom stereocenters. The van der Waals surface area contributed by atoms with E-state index in [9.17, 15) is 39.0 Å². The van der Waals surface area contributed by atoms with E-state index in [1.807, 2.05) is 6.92 Å². The highest BCUT2D eigenvalue weighted by Crippen LogP contribution is 2.52. The predicted octanol–water partition coefficient (Wildman–Crippen LogP) is -0.151. The van der Waals surface area contributed by atoms with Crippen molar-refractivity contribution in [2.45, 2.75) is 44.2 Å². The number of hydrogen-bond acceptors (Lipinski definition) is 10. The molecule has 2 fully saturated rings. The van der Waals surface area contributed by atoms with E-state index in [-0.39, 0.29) is 35.7 Å². The summed E-state index contributed by atoms with van der Waals surface area (Å²) >= 11 is 6.37. The molecule has 3 aliphatic rings. The van der Waals surface area contributed by atoms with Crippen LogP contribution in [0.25, 0.3) is 0 Å². The van der Waals surface area contributed by atoms with E-state index >= 15 is 0 Å². The monoisotopic (exact) mass is 576 g/mol. The maximum absolute atomic E-state index is 13.8. The number of ketones is 4. The van der Waals surface area contributed by atoms with E-state index in [4.69, 9.17) is 17.3 Å². The largest absolute Gasteiger partial charge is 0.505 e. The fourth-order valence-corrected chi connectivity index (χ4v) is 6.70. The van der Waals surface area contributed by atoms with Gasteiger partial charge in [0.1, 0.15) is 5.69 Å². The van der Waals surface area contributed by atoms with E-state index in [1.165, 1.54) is 25.1 Å². The number of Topliss-reactive ketones (excluding diaryl/α,β-unsaturated/α-hetero) is 4. The van der Waals surface area contributed by atoms with Gasteiger partial charge in [0.05, 0.1) is 29.1 Å². The molecular weight excluding hydrogens is 544 g/mol. The number of amides is 2. The molecule has 13 heteroatoms. The number of aromatic hydroxyl groups is 1. The molecule has 2 saturated carbocycles. The van der Waals surface area contributed by atoms with Crippen molar-refractivity contribution in [3.05, 3.63) is 22.2 Å². The Kier molecular flexibility index (Phi) is 8.19. The van der Waals surface area contributed by atoms with E-state index in [0.29, 0.717) is 12.1 Å². The van der Waals surface area contributed by atoms with Gasteiger partial charge in [-0.3, -0.25) is 33.7 Å². The fraction of sp³-hybridized carbons (Fsp3) is 0.556. The zero-order chi connectivity index (χ0) is 29.7. The normalized spacial score (nSPS) is 29.6. The Morgan fingerprint density at radius 3 is 2.48 bits per heavy atom. The van der Waals surface area contributed by atoms with E-state index in [1.54, 1.807) is 0 Å². The molecule has 0 aromatic heterocycles. The number of nitrogens with one attached hydrogen (secondary N) is 2. The zero-order valence-corrected chi connectivity index (χ0v) is 23.2. The highest BCUT2D eigenvalue weighted by Gasteiger charge is 2.69. The van der Waals surface area contributed by atoms with Crippen molar-refractivity contribution < 1.29 is 39.0 Å². The number of primary amides is 1. The molecule has 2 amide bonds. The van der Waals surface area contributed by atoms with Crippen molar-refractivity contribution in [3.63, 3.8) is 0 Å². The van der Waals surface area contributed by atoms with Gasteiger partial charge in [0, 0.05) is 5.92 Å². The van der Waals surface area contributed by atoms with Crippen molar-refractivity contribution in [2.75, 3.05) is 32.5 Å². The summed E-state index contributed by atoms with van der Waals surface area (Å²) in [6, 6.07) is 0.252. The van der Waals surface area contributed by atoms with E-state index in [2.05, 4.69) is 10.6 Å². The van der Waals surface area contributed by atoms with Gasteiger partial charge in [-0.25, -0.2) is 0 Å². The summed E-state index contributed by atoms with van der Waals surface area (Å²) in [5.74, 6) is -12.1. The van der Waals surface area contributed by atoms with Crippen molar-refractivity contribution in [1.82, 2.24) is 10.2 Å². The number of carbonyl (C=O) groups is 6. The summed E-state index contributed by atoms with van der Waals surface area (Å²) in [4.78, 5) is 79.9. The molecule has 3 aliphatic carbocycles. The van der Waals surface area contributed by atoms with Crippen molar-refractivity contribution in [1.29, 1.82) is 0 Å². The molecule has 0 spiro atoms. The number of likely N-dealkylation sites (N-methyl/N-ethyl adjacent to an activating group) is 1. The third kappa shape index (κ3) is 4.62. The van der Waals surface area contributed by atoms with Crippen molar-refractivity contribution >= 4 is 52.2 Å². The van der Waals surface area contributed by atoms with Gasteiger partial charge in [-0.15, -0.1) is 0 Å². The average molecular weight is 577 g/mol. The van der Waals surface area contributed by atoms with Crippen LogP contribution in [0.3, 0.4) is 0 Å². The number of carbonyl (C=O) groups excluding carboxylic acids is 6. The summed E-state index contributed by atoms with van der Waals surface area (Å²) in [6.07, 6.45) is 1.81. The lowest BCUT2D eigenvalue weighted by Crippen LogP contribution is -2.74. The molecular formula is C27H33ClN4O8. The zero-order valence-electron chi connectivity index (χ0n) is 22.5. The van der Waals surface area contributed by atoms with Crippen LogP contribution in [0.2, 0.25) is 5.02 Å². The quantitative estimate of drug-likeness (QED) is 0.158. The first-order valence-electron chi connectivity index (χ1n) is 13.2. The molecule has 6 N–H and O–H groups in total. The third-order valence-corrected chi connectivity index (χ3v) is 8.56. The first-order chi connectivity index (χ1) is 18.8. The lowest BCUT2D eigenvalue weighted by Gasteiger charge is -2.52. The predicted molar refractivity (Wildman–Crippen MR) is 143 cm³/mol. The van der Waals surface area contributed by atoms with Crippen LogP contribution in [0.5, 0.6) is 5.75 Å². The lowest BCUT2D eigenvalue weighted by atomic mass is 9.52. The van der Waals surface area contributed by atoms with Crippen LogP contribution in [0.4, 0.5) is 5.69 Å². The van der Waals surface area contributed by atoms with Gasteiger partial charge in [0.15, 0.2) is 40.4 Å². The molecule has 0 heterocycles. The highest BCUT2D eigenvalue weighted by molar-refractivity contribution is 6.35. The molecule has 0 aliphatic heterocycles. The summed E-state index contributed by atoms with van der Waals surface area (Å²) in [5.41, 5.74) is 2.40. The molecule has 0 saturated heterocycles. The van der Waals surface area contributed by atoms with Gasteiger partial charge in [0.2, 0.25) is 11.8 Å². The first-order valence-corrected chi connectivity index (χ1v) is 13.5. The number of nitrogens with zero attached hydrogens (tertiary/aromatic N) is 1. The molecule has 4 rings (SSSR count). The number of unbranched alkanes of at least 4 members (excludes halogenated alkanes) is 1. The molecule has 4 unspecified atom stereocenters. The standard InChI is InChI=1S/C27H33ClN4O8/c1-4-5-6-30-10-15(33)31-19-14(28)9-12-7-11-8-13-20(32(2)3)23(36)18(26(29)39)25(38)27(13,40)24(37)17(11)21(34)16(12)22(19)35/h9,11,13,17-18,20,30,35,40H,4-8,10H2,1-3H3,(H2,29,39)(H,31,33)/t11?,13?,17?,18?,20-,27-/m0/s1. The number of rotatable bonds is 8. The molecule has 216 valence electrons. The summed E-state index contributed by atoms with van der Waals surface area (Å²) in [7, 11) is 3.03. The molecule has 0 bridgehead atoms. The molecule has 40 heavy (non-hydrogen) atoms. The maximum Gasteiger partial charge on any atom is 0.238 e. The number of anilines is 1. The van der Waals surface area contributed by atoms with Crippen molar-refractivity contribution in [2.24, 2.45) is 29.4 Å². The van der Waals surface area contributed by atoms with Crippen LogP contribution in [0.1, 0.15) is 42.1 Å². The number of benzene rings is 1. The van der Waals surface area contributed by atoms with E-state index in [0.717, 1.165) is 12.8 Å². The molecule has 1 aromatic rings. The second kappa shape index (κ2) is 11.0. The smallest absolute Gasteiger partial charge is 0.238 e. The number of phenols is 1. The fourth-order valence-electron chi connectivity index (χ4n) is 6.43. The van der Waals surface area contributed by atoms with Gasteiger partial charge < -0.3 is 26.6 Å². The van der Waals surface area contributed by atoms with Crippen LogP contribution < -0.4 is 16.4 Å². The Bertz CT molecular complexity index is 1310. The number of hydrogen-bond donors (Lipinski definition) is 5. The van der Waals surface area contributed by atoms with Crippen LogP contribution in [0.15, 0.2) is 6.07 Å². The van der Waals surface area contributed by atoms with Gasteiger partial charge in [-0.1, -0.05) is 24.9 Å². The molecule has 1 aromatic carbocycles. The number of phenolic OH excluding ortho intramolecular Hbond substituents is 1. The average Bonchev–Trinajstić information content (AvgIpc) is 2.86. The number of nitrogens with two attached hydrogens (primary N) is 1. The Morgan fingerprint density at radius 2 is 1.88 bits per heavy atom. The molecule has 0 radical (unpaired) electrons.